The normalized spacial score (nSPS) is 18.0. The SMILES string of the molecule is CC(C)N(c1cc(-c2ccc(NC(=O)c3cnco3)cc2)sc1COO)C(=O)[C@H]1CC[C@H](C)CC1. The van der Waals surface area contributed by atoms with Gasteiger partial charge in [0.2, 0.25) is 11.7 Å². The molecule has 0 saturated heterocycles. The van der Waals surface area contributed by atoms with Crippen molar-refractivity contribution in [2.75, 3.05) is 10.2 Å². The van der Waals surface area contributed by atoms with E-state index in [2.05, 4.69) is 22.1 Å². The number of nitrogens with zero attached hydrogens (tertiary/aromatic N) is 2. The van der Waals surface area contributed by atoms with E-state index in [0.29, 0.717) is 11.6 Å². The van der Waals surface area contributed by atoms with Gasteiger partial charge in [0, 0.05) is 22.5 Å². The van der Waals surface area contributed by atoms with Crippen LogP contribution in [0.25, 0.3) is 10.4 Å². The zero-order valence-corrected chi connectivity index (χ0v) is 21.0. The summed E-state index contributed by atoms with van der Waals surface area (Å²) in [5.41, 5.74) is 2.33. The summed E-state index contributed by atoms with van der Waals surface area (Å²) in [5.74, 6) is 0.588. The van der Waals surface area contributed by atoms with Crippen molar-refractivity contribution in [2.45, 2.75) is 59.1 Å². The largest absolute Gasteiger partial charge is 0.438 e. The number of aromatic nitrogens is 1. The maximum Gasteiger partial charge on any atom is 0.293 e. The van der Waals surface area contributed by atoms with Crippen LogP contribution < -0.4 is 10.2 Å². The van der Waals surface area contributed by atoms with Crippen molar-refractivity contribution in [3.8, 4) is 10.4 Å². The molecule has 9 heteroatoms. The van der Waals surface area contributed by atoms with Gasteiger partial charge in [-0.05, 0) is 69.2 Å². The average Bonchev–Trinajstić information content (AvgIpc) is 3.51. The highest BCUT2D eigenvalue weighted by Crippen LogP contribution is 2.40. The molecule has 2 N–H and O–H groups in total. The predicted molar refractivity (Wildman–Crippen MR) is 135 cm³/mol. The van der Waals surface area contributed by atoms with Crippen LogP contribution in [-0.2, 0) is 16.3 Å². The third-order valence-electron chi connectivity index (χ3n) is 6.44. The molecule has 1 aliphatic rings. The molecule has 35 heavy (non-hydrogen) atoms. The fraction of sp³-hybridized carbons (Fsp3) is 0.423. The van der Waals surface area contributed by atoms with E-state index in [-0.39, 0.29) is 36.1 Å². The summed E-state index contributed by atoms with van der Waals surface area (Å²) in [6.45, 7) is 6.27. The van der Waals surface area contributed by atoms with Crippen molar-refractivity contribution in [1.82, 2.24) is 4.98 Å². The Bertz CT molecular complexity index is 1130. The van der Waals surface area contributed by atoms with Gasteiger partial charge in [0.15, 0.2) is 6.39 Å². The van der Waals surface area contributed by atoms with E-state index in [1.165, 1.54) is 23.9 Å². The number of rotatable bonds is 8. The molecule has 3 aromatic rings. The van der Waals surface area contributed by atoms with Gasteiger partial charge in [-0.15, -0.1) is 11.3 Å². The molecule has 186 valence electrons. The Morgan fingerprint density at radius 3 is 2.54 bits per heavy atom. The van der Waals surface area contributed by atoms with Crippen molar-refractivity contribution in [3.63, 3.8) is 0 Å². The van der Waals surface area contributed by atoms with E-state index in [1.54, 1.807) is 12.1 Å². The molecule has 0 bridgehead atoms. The Morgan fingerprint density at radius 1 is 1.23 bits per heavy atom. The van der Waals surface area contributed by atoms with Gasteiger partial charge in [0.25, 0.3) is 5.91 Å². The molecule has 4 rings (SSSR count). The topological polar surface area (TPSA) is 105 Å². The van der Waals surface area contributed by atoms with Gasteiger partial charge in [-0.2, -0.15) is 0 Å². The summed E-state index contributed by atoms with van der Waals surface area (Å²) >= 11 is 1.48. The quantitative estimate of drug-likeness (QED) is 0.283. The summed E-state index contributed by atoms with van der Waals surface area (Å²) in [6.07, 6.45) is 6.53. The van der Waals surface area contributed by atoms with Gasteiger partial charge in [-0.3, -0.25) is 14.8 Å². The second-order valence-corrected chi connectivity index (χ2v) is 10.5. The lowest BCUT2D eigenvalue weighted by atomic mass is 9.82. The molecule has 1 aliphatic carbocycles. The summed E-state index contributed by atoms with van der Waals surface area (Å²) in [4.78, 5) is 37.6. The minimum absolute atomic E-state index is 0.00350. The summed E-state index contributed by atoms with van der Waals surface area (Å²) in [6, 6.07) is 9.37. The van der Waals surface area contributed by atoms with Crippen molar-refractivity contribution in [3.05, 3.63) is 53.6 Å². The zero-order valence-electron chi connectivity index (χ0n) is 20.2. The Kier molecular flexibility index (Phi) is 8.00. The molecule has 0 spiro atoms. The fourth-order valence-corrected chi connectivity index (χ4v) is 5.58. The molecule has 0 radical (unpaired) electrons. The number of oxazole rings is 1. The molecule has 0 aliphatic heterocycles. The smallest absolute Gasteiger partial charge is 0.293 e. The summed E-state index contributed by atoms with van der Waals surface area (Å²) in [5, 5.41) is 12.0. The van der Waals surface area contributed by atoms with Gasteiger partial charge in [0.1, 0.15) is 6.61 Å². The number of hydrogen-bond acceptors (Lipinski definition) is 7. The van der Waals surface area contributed by atoms with E-state index >= 15 is 0 Å². The van der Waals surface area contributed by atoms with Crippen molar-refractivity contribution < 1.29 is 24.2 Å². The molecule has 8 nitrogen and oxygen atoms in total. The minimum Gasteiger partial charge on any atom is -0.438 e. The molecule has 2 amide bonds. The minimum atomic E-state index is -0.376. The van der Waals surface area contributed by atoms with Crippen LogP contribution in [0, 0.1) is 11.8 Å². The summed E-state index contributed by atoms with van der Waals surface area (Å²) in [7, 11) is 0. The number of benzene rings is 1. The van der Waals surface area contributed by atoms with E-state index in [9.17, 15) is 14.8 Å². The number of nitrogens with one attached hydrogen (secondary N) is 1. The number of amides is 2. The van der Waals surface area contributed by atoms with E-state index in [0.717, 1.165) is 46.7 Å². The van der Waals surface area contributed by atoms with Crippen molar-refractivity contribution in [1.29, 1.82) is 0 Å². The summed E-state index contributed by atoms with van der Waals surface area (Å²) < 4.78 is 5.02. The Morgan fingerprint density at radius 2 is 1.94 bits per heavy atom. The molecule has 2 heterocycles. The van der Waals surface area contributed by atoms with Crippen LogP contribution in [0.2, 0.25) is 0 Å². The standard InChI is InChI=1S/C26H31N3O5S/c1-16(2)29(26(31)19-6-4-17(3)5-7-19)21-12-23(35-24(21)14-34-32)18-8-10-20(11-9-18)28-25(30)22-13-27-15-33-22/h8-13,15-17,19,32H,4-7,14H2,1-3H3,(H,28,30)/t17-,19-. The van der Waals surface area contributed by atoms with Crippen LogP contribution in [0.15, 0.2) is 47.3 Å². The second-order valence-electron chi connectivity index (χ2n) is 9.35. The number of carbonyl (C=O) groups is 2. The van der Waals surface area contributed by atoms with Crippen molar-refractivity contribution >= 4 is 34.5 Å². The highest BCUT2D eigenvalue weighted by atomic mass is 32.1. The Labute approximate surface area is 208 Å². The first-order chi connectivity index (χ1) is 16.9. The van der Waals surface area contributed by atoms with Gasteiger partial charge < -0.3 is 14.6 Å². The predicted octanol–water partition coefficient (Wildman–Crippen LogP) is 6.21. The number of anilines is 2. The van der Waals surface area contributed by atoms with E-state index in [4.69, 9.17) is 4.42 Å². The average molecular weight is 498 g/mol. The van der Waals surface area contributed by atoms with Gasteiger partial charge in [-0.25, -0.2) is 9.87 Å². The highest BCUT2D eigenvalue weighted by Gasteiger charge is 2.32. The lowest BCUT2D eigenvalue weighted by Crippen LogP contribution is -2.42. The highest BCUT2D eigenvalue weighted by molar-refractivity contribution is 7.16. The maximum absolute atomic E-state index is 13.6. The third-order valence-corrected chi connectivity index (χ3v) is 7.59. The number of carbonyl (C=O) groups excluding carboxylic acids is 2. The monoisotopic (exact) mass is 497 g/mol. The molecule has 1 aromatic carbocycles. The first kappa shape index (κ1) is 25.1. The van der Waals surface area contributed by atoms with Gasteiger partial charge in [0.05, 0.1) is 16.8 Å². The molecule has 1 saturated carbocycles. The van der Waals surface area contributed by atoms with Crippen LogP contribution in [-0.4, -0.2) is 28.1 Å². The third kappa shape index (κ3) is 5.80. The first-order valence-electron chi connectivity index (χ1n) is 11.9. The van der Waals surface area contributed by atoms with E-state index in [1.807, 2.05) is 36.9 Å². The fourth-order valence-electron chi connectivity index (χ4n) is 4.52. The zero-order chi connectivity index (χ0) is 24.9. The lowest BCUT2D eigenvalue weighted by Gasteiger charge is -2.33. The van der Waals surface area contributed by atoms with Gasteiger partial charge in [-0.1, -0.05) is 19.1 Å². The number of thiophene rings is 1. The lowest BCUT2D eigenvalue weighted by molar-refractivity contribution is -0.252. The Balaban J connectivity index is 1.57. The van der Waals surface area contributed by atoms with Crippen LogP contribution in [0.3, 0.4) is 0 Å². The molecular weight excluding hydrogens is 466 g/mol. The molecule has 0 unspecified atom stereocenters. The Hall–Kier alpha value is -3.01. The second kappa shape index (κ2) is 11.2. The van der Waals surface area contributed by atoms with Crippen LogP contribution in [0.5, 0.6) is 0 Å². The van der Waals surface area contributed by atoms with Gasteiger partial charge >= 0.3 is 0 Å². The van der Waals surface area contributed by atoms with Crippen LogP contribution in [0.1, 0.15) is 61.9 Å². The maximum atomic E-state index is 13.6. The molecular formula is C26H31N3O5S. The first-order valence-corrected chi connectivity index (χ1v) is 12.7. The molecule has 2 aromatic heterocycles. The van der Waals surface area contributed by atoms with Crippen molar-refractivity contribution in [2.24, 2.45) is 11.8 Å². The molecule has 0 atom stereocenters. The van der Waals surface area contributed by atoms with E-state index < -0.39 is 0 Å². The number of hydrogen-bond donors (Lipinski definition) is 2. The molecule has 1 fully saturated rings. The van der Waals surface area contributed by atoms with Crippen LogP contribution >= 0.6 is 11.3 Å². The van der Waals surface area contributed by atoms with Crippen LogP contribution in [0.4, 0.5) is 11.4 Å².